The van der Waals surface area contributed by atoms with Crippen molar-refractivity contribution in [3.63, 3.8) is 0 Å². The molecule has 0 radical (unpaired) electrons. The molecule has 0 saturated heterocycles. The predicted octanol–water partition coefficient (Wildman–Crippen LogP) is 6.39. The number of nitrogens with one attached hydrogen (secondary N) is 1. The Morgan fingerprint density at radius 1 is 0.946 bits per heavy atom. The van der Waals surface area contributed by atoms with Crippen LogP contribution in [-0.4, -0.2) is 21.0 Å². The van der Waals surface area contributed by atoms with Gasteiger partial charge in [0.2, 0.25) is 0 Å². The predicted molar refractivity (Wildman–Crippen MR) is 145 cm³/mol. The van der Waals surface area contributed by atoms with Gasteiger partial charge in [-0.15, -0.1) is 0 Å². The van der Waals surface area contributed by atoms with Crippen molar-refractivity contribution in [3.8, 4) is 17.8 Å². The lowest BCUT2D eigenvalue weighted by Crippen LogP contribution is -2.42. The van der Waals surface area contributed by atoms with Gasteiger partial charge >= 0.3 is 0 Å². The third kappa shape index (κ3) is 6.24. The molecule has 0 aliphatic carbocycles. The van der Waals surface area contributed by atoms with Crippen LogP contribution in [0.4, 0.5) is 0 Å². The number of hydrogen-bond donors (Lipinski definition) is 1. The minimum absolute atomic E-state index is 0.0336. The van der Waals surface area contributed by atoms with Crippen LogP contribution >= 0.6 is 11.6 Å². The third-order valence-electron chi connectivity index (χ3n) is 6.71. The lowest BCUT2D eigenvalue weighted by Gasteiger charge is -2.36. The van der Waals surface area contributed by atoms with Crippen molar-refractivity contribution >= 4 is 11.6 Å². The highest BCUT2D eigenvalue weighted by atomic mass is 35.5. The first-order valence-electron chi connectivity index (χ1n) is 12.2. The summed E-state index contributed by atoms with van der Waals surface area (Å²) in [5.41, 5.74) is 3.94. The Hall–Kier alpha value is -3.97. The highest BCUT2D eigenvalue weighted by molar-refractivity contribution is 6.30. The number of rotatable bonds is 9. The minimum Gasteiger partial charge on any atom is -0.305 e. The minimum atomic E-state index is -0.705. The van der Waals surface area contributed by atoms with Crippen LogP contribution in [-0.2, 0) is 6.42 Å². The molecule has 3 atom stereocenters. The quantitative estimate of drug-likeness (QED) is 0.283. The van der Waals surface area contributed by atoms with Crippen molar-refractivity contribution in [1.82, 2.24) is 20.3 Å². The molecule has 186 valence electrons. The molecule has 0 amide bonds. The molecule has 1 aromatic heterocycles. The Balaban J connectivity index is 1.71. The van der Waals surface area contributed by atoms with Crippen LogP contribution in [0.3, 0.4) is 0 Å². The zero-order valence-corrected chi connectivity index (χ0v) is 21.9. The third-order valence-corrected chi connectivity index (χ3v) is 6.96. The van der Waals surface area contributed by atoms with Crippen molar-refractivity contribution in [2.45, 2.75) is 45.2 Å². The Morgan fingerprint density at radius 2 is 1.62 bits per heavy atom. The maximum atomic E-state index is 10.1. The van der Waals surface area contributed by atoms with E-state index in [9.17, 15) is 10.5 Å². The van der Waals surface area contributed by atoms with Crippen LogP contribution in [0.1, 0.15) is 55.0 Å². The van der Waals surface area contributed by atoms with E-state index in [0.29, 0.717) is 10.6 Å². The van der Waals surface area contributed by atoms with Crippen molar-refractivity contribution in [2.75, 3.05) is 0 Å². The van der Waals surface area contributed by atoms with Crippen molar-refractivity contribution in [3.05, 3.63) is 112 Å². The maximum Gasteiger partial charge on any atom is 0.0991 e. The number of hydrogen-bond acceptors (Lipinski definition) is 5. The number of nitriles is 2. The number of halogens is 1. The molecule has 6 nitrogen and oxygen atoms in total. The second-order valence-electron chi connectivity index (χ2n) is 9.81. The fourth-order valence-corrected chi connectivity index (χ4v) is 4.77. The summed E-state index contributed by atoms with van der Waals surface area (Å²) in [5, 5.41) is 32.6. The molecule has 7 heteroatoms. The van der Waals surface area contributed by atoms with Gasteiger partial charge in [-0.2, -0.15) is 25.5 Å². The second kappa shape index (κ2) is 11.4. The summed E-state index contributed by atoms with van der Waals surface area (Å²) < 4.78 is 0. The summed E-state index contributed by atoms with van der Waals surface area (Å²) >= 11 is 6.13. The molecule has 0 saturated carbocycles. The van der Waals surface area contributed by atoms with E-state index in [0.717, 1.165) is 28.8 Å². The van der Waals surface area contributed by atoms with E-state index in [-0.39, 0.29) is 18.0 Å². The summed E-state index contributed by atoms with van der Waals surface area (Å²) in [7, 11) is 0. The highest BCUT2D eigenvalue weighted by Crippen LogP contribution is 2.36. The summed E-state index contributed by atoms with van der Waals surface area (Å²) in [4.78, 5) is 1.57. The van der Waals surface area contributed by atoms with E-state index in [2.05, 4.69) is 40.6 Å². The molecule has 0 fully saturated rings. The highest BCUT2D eigenvalue weighted by Gasteiger charge is 2.34. The first-order valence-corrected chi connectivity index (χ1v) is 12.6. The van der Waals surface area contributed by atoms with Crippen LogP contribution in [0.5, 0.6) is 0 Å². The van der Waals surface area contributed by atoms with Gasteiger partial charge in [0.15, 0.2) is 0 Å². The van der Waals surface area contributed by atoms with Crippen molar-refractivity contribution in [2.24, 2.45) is 5.41 Å². The first kappa shape index (κ1) is 26.1. The monoisotopic (exact) mass is 508 g/mol. The van der Waals surface area contributed by atoms with Gasteiger partial charge in [0.05, 0.1) is 47.2 Å². The standard InChI is InChI=1S/C30H29ClN6/c1-21(28(17-22-10-12-26(31)13-11-22)24-7-4-6-23(16-24)19-32)36-29(30(2,3)20-33)25-8-5-9-27(18-25)37-34-14-15-35-37/h4-16,18,21,28-29,36H,17H2,1-3H3/t21?,28?,29-/m0/s1. The van der Waals surface area contributed by atoms with Gasteiger partial charge in [0.25, 0.3) is 0 Å². The lowest BCUT2D eigenvalue weighted by molar-refractivity contribution is 0.281. The van der Waals surface area contributed by atoms with Crippen molar-refractivity contribution < 1.29 is 0 Å². The summed E-state index contributed by atoms with van der Waals surface area (Å²) in [6.07, 6.45) is 4.03. The number of benzene rings is 3. The number of aromatic nitrogens is 3. The normalized spacial score (nSPS) is 13.8. The zero-order chi connectivity index (χ0) is 26.4. The average molecular weight is 509 g/mol. The van der Waals surface area contributed by atoms with E-state index < -0.39 is 5.41 Å². The van der Waals surface area contributed by atoms with Gasteiger partial charge in [-0.05, 0) is 80.3 Å². The zero-order valence-electron chi connectivity index (χ0n) is 21.1. The van der Waals surface area contributed by atoms with Crippen LogP contribution in [0.25, 0.3) is 5.69 Å². The first-order chi connectivity index (χ1) is 17.8. The van der Waals surface area contributed by atoms with Gasteiger partial charge in [0, 0.05) is 17.0 Å². The Kier molecular flexibility index (Phi) is 8.04. The molecule has 4 aromatic rings. The van der Waals surface area contributed by atoms with E-state index in [1.165, 1.54) is 0 Å². The van der Waals surface area contributed by atoms with Gasteiger partial charge < -0.3 is 5.32 Å². The van der Waals surface area contributed by atoms with Gasteiger partial charge in [-0.3, -0.25) is 0 Å². The molecule has 0 spiro atoms. The van der Waals surface area contributed by atoms with Gasteiger partial charge in [-0.25, -0.2) is 0 Å². The second-order valence-corrected chi connectivity index (χ2v) is 10.2. The Labute approximate surface area is 223 Å². The average Bonchev–Trinajstić information content (AvgIpc) is 3.46. The summed E-state index contributed by atoms with van der Waals surface area (Å²) in [5.74, 6) is 0.0439. The fraction of sp³-hybridized carbons (Fsp3) is 0.267. The lowest BCUT2D eigenvalue weighted by atomic mass is 9.79. The van der Waals surface area contributed by atoms with E-state index in [4.69, 9.17) is 11.6 Å². The molecule has 37 heavy (non-hydrogen) atoms. The molecular formula is C30H29ClN6. The van der Waals surface area contributed by atoms with E-state index in [1.807, 2.05) is 80.6 Å². The Morgan fingerprint density at radius 3 is 2.30 bits per heavy atom. The summed E-state index contributed by atoms with van der Waals surface area (Å²) in [6, 6.07) is 28.0. The van der Waals surface area contributed by atoms with Crippen LogP contribution in [0.2, 0.25) is 5.02 Å². The van der Waals surface area contributed by atoms with Crippen LogP contribution < -0.4 is 5.32 Å². The molecular weight excluding hydrogens is 480 g/mol. The van der Waals surface area contributed by atoms with Crippen molar-refractivity contribution in [1.29, 1.82) is 10.5 Å². The van der Waals surface area contributed by atoms with E-state index in [1.54, 1.807) is 17.2 Å². The summed E-state index contributed by atoms with van der Waals surface area (Å²) in [6.45, 7) is 6.03. The largest absolute Gasteiger partial charge is 0.305 e. The SMILES string of the molecule is CC(N[C@@H](c1cccc(-n2nccn2)c1)C(C)(C)C#N)C(Cc1ccc(Cl)cc1)c1cccc(C#N)c1. The maximum absolute atomic E-state index is 10.1. The smallest absolute Gasteiger partial charge is 0.0991 e. The number of nitrogens with zero attached hydrogens (tertiary/aromatic N) is 5. The molecule has 4 rings (SSSR count). The van der Waals surface area contributed by atoms with Crippen LogP contribution in [0.15, 0.2) is 85.2 Å². The molecule has 1 heterocycles. The molecule has 0 aliphatic heterocycles. The van der Waals surface area contributed by atoms with Crippen LogP contribution in [0, 0.1) is 28.1 Å². The van der Waals surface area contributed by atoms with E-state index >= 15 is 0 Å². The molecule has 1 N–H and O–H groups in total. The van der Waals surface area contributed by atoms with Gasteiger partial charge in [-0.1, -0.05) is 48.0 Å². The fourth-order valence-electron chi connectivity index (χ4n) is 4.64. The molecule has 2 unspecified atom stereocenters. The van der Waals surface area contributed by atoms with Gasteiger partial charge in [0.1, 0.15) is 0 Å². The molecule has 0 aliphatic rings. The molecule has 3 aromatic carbocycles. The molecule has 0 bridgehead atoms. The Bertz CT molecular complexity index is 1410. The topological polar surface area (TPSA) is 90.3 Å².